The zero-order chi connectivity index (χ0) is 17.9. The third-order valence-electron chi connectivity index (χ3n) is 5.07. The van der Waals surface area contributed by atoms with Crippen molar-refractivity contribution >= 4 is 0 Å². The number of rotatable bonds is 10. The van der Waals surface area contributed by atoms with E-state index in [2.05, 4.69) is 70.9 Å². The number of hydrogen-bond acceptors (Lipinski definition) is 3. The van der Waals surface area contributed by atoms with Gasteiger partial charge in [0.15, 0.2) is 0 Å². The van der Waals surface area contributed by atoms with Crippen LogP contribution in [0.25, 0.3) is 0 Å². The van der Waals surface area contributed by atoms with E-state index < -0.39 is 0 Å². The van der Waals surface area contributed by atoms with Crippen molar-refractivity contribution in [2.75, 3.05) is 39.3 Å². The number of benzene rings is 2. The van der Waals surface area contributed by atoms with Gasteiger partial charge in [0.1, 0.15) is 6.10 Å². The maximum absolute atomic E-state index is 6.29. The zero-order valence-electron chi connectivity index (χ0n) is 15.8. The lowest BCUT2D eigenvalue weighted by Crippen LogP contribution is -2.43. The van der Waals surface area contributed by atoms with E-state index in [1.807, 2.05) is 0 Å². The molecule has 1 heterocycles. The van der Waals surface area contributed by atoms with Crippen LogP contribution in [-0.4, -0.2) is 44.2 Å². The van der Waals surface area contributed by atoms with E-state index in [1.54, 1.807) is 0 Å². The first-order valence-electron chi connectivity index (χ1n) is 10.1. The minimum atomic E-state index is 0.0400. The highest BCUT2D eigenvalue weighted by Crippen LogP contribution is 2.26. The fourth-order valence-electron chi connectivity index (χ4n) is 3.57. The second-order valence-corrected chi connectivity index (χ2v) is 7.08. The van der Waals surface area contributed by atoms with E-state index in [0.29, 0.717) is 0 Å². The van der Waals surface area contributed by atoms with Crippen molar-refractivity contribution in [1.82, 2.24) is 10.2 Å². The molecule has 2 aromatic rings. The molecule has 1 aliphatic heterocycles. The summed E-state index contributed by atoms with van der Waals surface area (Å²) in [6.07, 6.45) is 5.04. The molecular formula is C23H32N2O. The van der Waals surface area contributed by atoms with E-state index in [1.165, 1.54) is 50.0 Å². The van der Waals surface area contributed by atoms with Crippen LogP contribution in [0.15, 0.2) is 60.7 Å². The molecule has 0 bridgehead atoms. The molecule has 140 valence electrons. The summed E-state index contributed by atoms with van der Waals surface area (Å²) in [6, 6.07) is 21.1. The number of nitrogens with one attached hydrogen (secondary N) is 1. The molecule has 0 unspecified atom stereocenters. The first-order valence-corrected chi connectivity index (χ1v) is 10.1. The molecule has 0 aliphatic carbocycles. The second-order valence-electron chi connectivity index (χ2n) is 7.08. The van der Waals surface area contributed by atoms with Crippen molar-refractivity contribution in [3.63, 3.8) is 0 Å². The van der Waals surface area contributed by atoms with Crippen LogP contribution in [0.5, 0.6) is 0 Å². The standard InChI is InChI=1S/C23H32N2O/c1(9-17-25-18-15-24-16-19-25)2-10-20-26-23(21-11-5-3-6-12-21)22-13-7-4-8-14-22/h3-8,11-14,23-24H,1-2,9-10,15-20H2. The van der Waals surface area contributed by atoms with Crippen LogP contribution in [0.1, 0.15) is 42.9 Å². The molecule has 0 amide bonds. The summed E-state index contributed by atoms with van der Waals surface area (Å²) < 4.78 is 6.29. The number of hydrogen-bond donors (Lipinski definition) is 1. The molecule has 0 saturated carbocycles. The maximum atomic E-state index is 6.29. The van der Waals surface area contributed by atoms with E-state index in [0.717, 1.165) is 26.1 Å². The summed E-state index contributed by atoms with van der Waals surface area (Å²) in [7, 11) is 0. The van der Waals surface area contributed by atoms with Crippen LogP contribution in [0.2, 0.25) is 0 Å². The van der Waals surface area contributed by atoms with E-state index >= 15 is 0 Å². The molecule has 2 aromatic carbocycles. The summed E-state index contributed by atoms with van der Waals surface area (Å²) in [5.41, 5.74) is 2.47. The quantitative estimate of drug-likeness (QED) is 0.647. The third-order valence-corrected chi connectivity index (χ3v) is 5.07. The Morgan fingerprint density at radius 3 is 1.96 bits per heavy atom. The van der Waals surface area contributed by atoms with Crippen LogP contribution in [0.4, 0.5) is 0 Å². The predicted octanol–water partition coefficient (Wildman–Crippen LogP) is 4.26. The second kappa shape index (κ2) is 11.1. The molecular weight excluding hydrogens is 320 g/mol. The molecule has 1 saturated heterocycles. The Hall–Kier alpha value is -1.68. The SMILES string of the molecule is c1ccc(C(OCCCCCCN2CCNCC2)c2ccccc2)cc1. The average Bonchev–Trinajstić information content (AvgIpc) is 2.72. The smallest absolute Gasteiger partial charge is 0.108 e. The monoisotopic (exact) mass is 352 g/mol. The minimum Gasteiger partial charge on any atom is -0.369 e. The van der Waals surface area contributed by atoms with Gasteiger partial charge in [0, 0.05) is 32.8 Å². The fourth-order valence-corrected chi connectivity index (χ4v) is 3.57. The van der Waals surface area contributed by atoms with E-state index in [4.69, 9.17) is 4.74 Å². The zero-order valence-corrected chi connectivity index (χ0v) is 15.8. The van der Waals surface area contributed by atoms with Crippen LogP contribution in [-0.2, 0) is 4.74 Å². The van der Waals surface area contributed by atoms with Crippen molar-refractivity contribution in [2.45, 2.75) is 31.8 Å². The molecule has 0 spiro atoms. The lowest BCUT2D eigenvalue weighted by atomic mass is 10.0. The molecule has 0 radical (unpaired) electrons. The normalized spacial score (nSPS) is 15.4. The maximum Gasteiger partial charge on any atom is 0.108 e. The highest BCUT2D eigenvalue weighted by Gasteiger charge is 2.14. The van der Waals surface area contributed by atoms with Gasteiger partial charge in [0.05, 0.1) is 0 Å². The first-order chi connectivity index (χ1) is 12.9. The van der Waals surface area contributed by atoms with Gasteiger partial charge in [-0.15, -0.1) is 0 Å². The Morgan fingerprint density at radius 1 is 0.769 bits per heavy atom. The summed E-state index contributed by atoms with van der Waals surface area (Å²) >= 11 is 0. The predicted molar refractivity (Wildman–Crippen MR) is 108 cm³/mol. The van der Waals surface area contributed by atoms with Crippen molar-refractivity contribution in [1.29, 1.82) is 0 Å². The Labute approximate surface area is 158 Å². The van der Waals surface area contributed by atoms with Crippen molar-refractivity contribution in [2.24, 2.45) is 0 Å². The highest BCUT2D eigenvalue weighted by atomic mass is 16.5. The molecule has 1 N–H and O–H groups in total. The van der Waals surface area contributed by atoms with Gasteiger partial charge in [0.25, 0.3) is 0 Å². The number of unbranched alkanes of at least 4 members (excludes halogenated alkanes) is 3. The molecule has 3 heteroatoms. The van der Waals surface area contributed by atoms with E-state index in [9.17, 15) is 0 Å². The Bertz CT molecular complexity index is 557. The summed E-state index contributed by atoms with van der Waals surface area (Å²) in [6.45, 7) is 6.78. The number of piperazine rings is 1. The topological polar surface area (TPSA) is 24.5 Å². The number of ether oxygens (including phenoxy) is 1. The van der Waals surface area contributed by atoms with Gasteiger partial charge in [-0.2, -0.15) is 0 Å². The minimum absolute atomic E-state index is 0.0400. The number of nitrogens with zero attached hydrogens (tertiary/aromatic N) is 1. The molecule has 0 atom stereocenters. The van der Waals surface area contributed by atoms with Gasteiger partial charge in [-0.1, -0.05) is 73.5 Å². The third kappa shape index (κ3) is 6.24. The van der Waals surface area contributed by atoms with E-state index in [-0.39, 0.29) is 6.10 Å². The van der Waals surface area contributed by atoms with Gasteiger partial charge in [-0.05, 0) is 30.5 Å². The molecule has 26 heavy (non-hydrogen) atoms. The Morgan fingerprint density at radius 2 is 1.35 bits per heavy atom. The molecule has 3 rings (SSSR count). The van der Waals surface area contributed by atoms with Gasteiger partial charge < -0.3 is 15.0 Å². The molecule has 0 aromatic heterocycles. The van der Waals surface area contributed by atoms with Crippen LogP contribution in [0.3, 0.4) is 0 Å². The Balaban J connectivity index is 1.38. The largest absolute Gasteiger partial charge is 0.369 e. The van der Waals surface area contributed by atoms with Gasteiger partial charge >= 0.3 is 0 Å². The van der Waals surface area contributed by atoms with Crippen LogP contribution < -0.4 is 5.32 Å². The lowest BCUT2D eigenvalue weighted by Gasteiger charge is -2.27. The molecule has 1 fully saturated rings. The van der Waals surface area contributed by atoms with Crippen molar-refractivity contribution in [3.05, 3.63) is 71.8 Å². The summed E-state index contributed by atoms with van der Waals surface area (Å²) in [4.78, 5) is 2.58. The highest BCUT2D eigenvalue weighted by molar-refractivity contribution is 5.29. The van der Waals surface area contributed by atoms with Crippen molar-refractivity contribution in [3.8, 4) is 0 Å². The summed E-state index contributed by atoms with van der Waals surface area (Å²) in [5.74, 6) is 0. The lowest BCUT2D eigenvalue weighted by molar-refractivity contribution is 0.0766. The molecule has 3 nitrogen and oxygen atoms in total. The Kier molecular flexibility index (Phi) is 8.17. The summed E-state index contributed by atoms with van der Waals surface area (Å²) in [5, 5.41) is 3.41. The first kappa shape index (κ1) is 19.1. The van der Waals surface area contributed by atoms with Gasteiger partial charge in [-0.3, -0.25) is 0 Å². The van der Waals surface area contributed by atoms with Gasteiger partial charge in [-0.25, -0.2) is 0 Å². The van der Waals surface area contributed by atoms with Gasteiger partial charge in [0.2, 0.25) is 0 Å². The van der Waals surface area contributed by atoms with Crippen LogP contribution in [0, 0.1) is 0 Å². The van der Waals surface area contributed by atoms with Crippen molar-refractivity contribution < 1.29 is 4.74 Å². The fraction of sp³-hybridized carbons (Fsp3) is 0.478. The van der Waals surface area contributed by atoms with Crippen LogP contribution >= 0.6 is 0 Å². The molecule has 1 aliphatic rings. The average molecular weight is 353 g/mol.